The monoisotopic (exact) mass is 294 g/mol. The zero-order chi connectivity index (χ0) is 15.1. The lowest BCUT2D eigenvalue weighted by atomic mass is 10.1. The lowest BCUT2D eigenvalue weighted by Gasteiger charge is -2.12. The average Bonchev–Trinajstić information content (AvgIpc) is 2.37. The minimum Gasteiger partial charge on any atom is -0.465 e. The molecule has 0 heterocycles. The fraction of sp³-hybridized carbons (Fsp3) is 0.357. The second-order valence-corrected chi connectivity index (χ2v) is 4.95. The van der Waals surface area contributed by atoms with Crippen LogP contribution in [-0.4, -0.2) is 30.1 Å². The molecule has 0 saturated heterocycles. The van der Waals surface area contributed by atoms with Crippen LogP contribution in [0.2, 0.25) is 0 Å². The first-order valence-corrected chi connectivity index (χ1v) is 6.60. The molecule has 1 aromatic carbocycles. The van der Waals surface area contributed by atoms with E-state index in [0.29, 0.717) is 10.7 Å². The standard InChI is InChI=1S/C14H18N2O3S/c1-9(2)15-14(20)16-12(17)8-10-4-6-11(7-5-10)13(18)19-3/h4-7,9H,8H2,1-3H3,(H2,15,16,17,20). The summed E-state index contributed by atoms with van der Waals surface area (Å²) in [5.41, 5.74) is 1.25. The van der Waals surface area contributed by atoms with E-state index in [-0.39, 0.29) is 18.4 Å². The van der Waals surface area contributed by atoms with E-state index in [1.165, 1.54) is 7.11 Å². The molecule has 1 rings (SSSR count). The number of ether oxygens (including phenoxy) is 1. The molecule has 0 fully saturated rings. The molecule has 0 spiro atoms. The maximum absolute atomic E-state index is 11.7. The van der Waals surface area contributed by atoms with Crippen LogP contribution >= 0.6 is 12.2 Å². The molecule has 1 aromatic rings. The van der Waals surface area contributed by atoms with Crippen LogP contribution in [0.15, 0.2) is 24.3 Å². The maximum atomic E-state index is 11.7. The number of benzene rings is 1. The Hall–Kier alpha value is -1.95. The summed E-state index contributed by atoms with van der Waals surface area (Å²) in [5.74, 6) is -0.600. The largest absolute Gasteiger partial charge is 0.465 e. The Kier molecular flexibility index (Phi) is 6.11. The van der Waals surface area contributed by atoms with E-state index in [9.17, 15) is 9.59 Å². The quantitative estimate of drug-likeness (QED) is 0.649. The third-order valence-corrected chi connectivity index (χ3v) is 2.63. The predicted molar refractivity (Wildman–Crippen MR) is 80.5 cm³/mol. The van der Waals surface area contributed by atoms with E-state index in [1.54, 1.807) is 24.3 Å². The van der Waals surface area contributed by atoms with Gasteiger partial charge >= 0.3 is 5.97 Å². The number of thiocarbonyl (C=S) groups is 1. The number of esters is 1. The van der Waals surface area contributed by atoms with Gasteiger partial charge in [-0.25, -0.2) is 4.79 Å². The molecule has 0 aliphatic heterocycles. The van der Waals surface area contributed by atoms with Crippen molar-refractivity contribution in [3.8, 4) is 0 Å². The van der Waals surface area contributed by atoms with Crippen LogP contribution in [0.5, 0.6) is 0 Å². The molecule has 20 heavy (non-hydrogen) atoms. The summed E-state index contributed by atoms with van der Waals surface area (Å²) < 4.78 is 4.60. The van der Waals surface area contributed by atoms with E-state index in [4.69, 9.17) is 12.2 Å². The minimum absolute atomic E-state index is 0.169. The average molecular weight is 294 g/mol. The van der Waals surface area contributed by atoms with Gasteiger partial charge in [-0.1, -0.05) is 12.1 Å². The second kappa shape index (κ2) is 7.59. The van der Waals surface area contributed by atoms with Crippen LogP contribution in [0.25, 0.3) is 0 Å². The van der Waals surface area contributed by atoms with Crippen molar-refractivity contribution in [2.24, 2.45) is 0 Å². The molecule has 0 aromatic heterocycles. The summed E-state index contributed by atoms with van der Waals surface area (Å²) in [6.45, 7) is 3.87. The first kappa shape index (κ1) is 16.1. The zero-order valence-corrected chi connectivity index (χ0v) is 12.5. The minimum atomic E-state index is -0.400. The molecule has 2 N–H and O–H groups in total. The smallest absolute Gasteiger partial charge is 0.337 e. The van der Waals surface area contributed by atoms with Crippen molar-refractivity contribution in [3.63, 3.8) is 0 Å². The van der Waals surface area contributed by atoms with E-state index in [2.05, 4.69) is 15.4 Å². The number of methoxy groups -OCH3 is 1. The van der Waals surface area contributed by atoms with Gasteiger partial charge in [0, 0.05) is 6.04 Å². The summed E-state index contributed by atoms with van der Waals surface area (Å²) in [6.07, 6.45) is 0.196. The first-order valence-electron chi connectivity index (χ1n) is 6.20. The van der Waals surface area contributed by atoms with Gasteiger partial charge in [0.05, 0.1) is 19.1 Å². The highest BCUT2D eigenvalue weighted by molar-refractivity contribution is 7.80. The van der Waals surface area contributed by atoms with Crippen LogP contribution in [-0.2, 0) is 16.0 Å². The third-order valence-electron chi connectivity index (χ3n) is 2.41. The predicted octanol–water partition coefficient (Wildman–Crippen LogP) is 1.41. The number of hydrogen-bond donors (Lipinski definition) is 2. The van der Waals surface area contributed by atoms with Crippen molar-refractivity contribution in [2.75, 3.05) is 7.11 Å². The second-order valence-electron chi connectivity index (χ2n) is 4.54. The van der Waals surface area contributed by atoms with Gasteiger partial charge in [-0.3, -0.25) is 4.79 Å². The Morgan fingerprint density at radius 3 is 2.35 bits per heavy atom. The van der Waals surface area contributed by atoms with Crippen molar-refractivity contribution < 1.29 is 14.3 Å². The summed E-state index contributed by atoms with van der Waals surface area (Å²) in [7, 11) is 1.33. The van der Waals surface area contributed by atoms with Gasteiger partial charge in [0.2, 0.25) is 5.91 Å². The molecule has 0 aliphatic rings. The Morgan fingerprint density at radius 2 is 1.85 bits per heavy atom. The Labute approximate surface area is 123 Å². The van der Waals surface area contributed by atoms with Crippen LogP contribution in [0.1, 0.15) is 29.8 Å². The van der Waals surface area contributed by atoms with Crippen LogP contribution in [0.4, 0.5) is 0 Å². The van der Waals surface area contributed by atoms with Gasteiger partial charge < -0.3 is 15.4 Å². The summed E-state index contributed by atoms with van der Waals surface area (Å²) in [5, 5.41) is 5.84. The summed E-state index contributed by atoms with van der Waals surface area (Å²) >= 11 is 4.99. The highest BCUT2D eigenvalue weighted by Crippen LogP contribution is 2.06. The molecular formula is C14H18N2O3S. The molecule has 5 nitrogen and oxygen atoms in total. The lowest BCUT2D eigenvalue weighted by Crippen LogP contribution is -2.42. The molecule has 0 bridgehead atoms. The molecule has 0 aliphatic carbocycles. The van der Waals surface area contributed by atoms with Crippen molar-refractivity contribution >= 4 is 29.2 Å². The van der Waals surface area contributed by atoms with Crippen LogP contribution < -0.4 is 10.6 Å². The van der Waals surface area contributed by atoms with Crippen LogP contribution in [0, 0.1) is 0 Å². The summed E-state index contributed by atoms with van der Waals surface area (Å²) in [4.78, 5) is 23.0. The number of carbonyl (C=O) groups excluding carboxylic acids is 2. The maximum Gasteiger partial charge on any atom is 0.337 e. The fourth-order valence-electron chi connectivity index (χ4n) is 1.53. The van der Waals surface area contributed by atoms with Gasteiger partial charge in [-0.2, -0.15) is 0 Å². The van der Waals surface area contributed by atoms with Crippen LogP contribution in [0.3, 0.4) is 0 Å². The van der Waals surface area contributed by atoms with Gasteiger partial charge in [0.25, 0.3) is 0 Å². The van der Waals surface area contributed by atoms with E-state index in [1.807, 2.05) is 13.8 Å². The number of amides is 1. The van der Waals surface area contributed by atoms with E-state index >= 15 is 0 Å². The van der Waals surface area contributed by atoms with E-state index < -0.39 is 5.97 Å². The molecule has 0 unspecified atom stereocenters. The third kappa shape index (κ3) is 5.36. The zero-order valence-electron chi connectivity index (χ0n) is 11.7. The molecule has 108 valence electrons. The van der Waals surface area contributed by atoms with Gasteiger partial charge in [-0.05, 0) is 43.8 Å². The Morgan fingerprint density at radius 1 is 1.25 bits per heavy atom. The normalized spacial score (nSPS) is 10.0. The molecular weight excluding hydrogens is 276 g/mol. The first-order chi connectivity index (χ1) is 9.42. The van der Waals surface area contributed by atoms with Crippen molar-refractivity contribution in [3.05, 3.63) is 35.4 Å². The molecule has 6 heteroatoms. The molecule has 0 radical (unpaired) electrons. The summed E-state index contributed by atoms with van der Waals surface area (Å²) in [6, 6.07) is 6.84. The molecule has 0 atom stereocenters. The van der Waals surface area contributed by atoms with Crippen molar-refractivity contribution in [2.45, 2.75) is 26.3 Å². The molecule has 1 amide bonds. The number of rotatable bonds is 4. The molecule has 0 saturated carbocycles. The van der Waals surface area contributed by atoms with Crippen molar-refractivity contribution in [1.29, 1.82) is 0 Å². The van der Waals surface area contributed by atoms with Gasteiger partial charge in [-0.15, -0.1) is 0 Å². The SMILES string of the molecule is COC(=O)c1ccc(CC(=O)NC(=S)NC(C)C)cc1. The number of hydrogen-bond acceptors (Lipinski definition) is 4. The topological polar surface area (TPSA) is 67.4 Å². The Bertz CT molecular complexity index is 498. The fourth-order valence-corrected chi connectivity index (χ4v) is 1.88. The number of nitrogens with one attached hydrogen (secondary N) is 2. The highest BCUT2D eigenvalue weighted by atomic mass is 32.1. The Balaban J connectivity index is 2.54. The number of carbonyl (C=O) groups is 2. The van der Waals surface area contributed by atoms with Crippen molar-refractivity contribution in [1.82, 2.24) is 10.6 Å². The van der Waals surface area contributed by atoms with Gasteiger partial charge in [0.15, 0.2) is 5.11 Å². The van der Waals surface area contributed by atoms with E-state index in [0.717, 1.165) is 5.56 Å². The van der Waals surface area contributed by atoms with Gasteiger partial charge in [0.1, 0.15) is 0 Å². The highest BCUT2D eigenvalue weighted by Gasteiger charge is 2.08. The lowest BCUT2D eigenvalue weighted by molar-refractivity contribution is -0.119.